The summed E-state index contributed by atoms with van der Waals surface area (Å²) in [6, 6.07) is 16.1. The molecule has 1 heterocycles. The summed E-state index contributed by atoms with van der Waals surface area (Å²) in [5.74, 6) is 0. The normalized spacial score (nSPS) is 18.0. The Morgan fingerprint density at radius 2 is 1.76 bits per heavy atom. The minimum Gasteiger partial charge on any atom is -0.367 e. The summed E-state index contributed by atoms with van der Waals surface area (Å²) in [5.41, 5.74) is 6.86. The number of hydrogen-bond donors (Lipinski definition) is 1. The summed E-state index contributed by atoms with van der Waals surface area (Å²) >= 11 is 0. The van der Waals surface area contributed by atoms with Crippen molar-refractivity contribution < 1.29 is 0 Å². The van der Waals surface area contributed by atoms with Crippen LogP contribution in [0.5, 0.6) is 0 Å². The molecule has 21 heavy (non-hydrogen) atoms. The van der Waals surface area contributed by atoms with Crippen LogP contribution in [0.3, 0.4) is 0 Å². The van der Waals surface area contributed by atoms with Crippen LogP contribution >= 0.6 is 0 Å². The number of anilines is 1. The van der Waals surface area contributed by atoms with Crippen LogP contribution in [-0.4, -0.2) is 13.6 Å². The largest absolute Gasteiger partial charge is 0.367 e. The molecule has 0 bridgehead atoms. The number of benzene rings is 2. The van der Waals surface area contributed by atoms with Crippen LogP contribution in [0.1, 0.15) is 34.7 Å². The van der Waals surface area contributed by atoms with E-state index in [0.717, 1.165) is 19.5 Å². The van der Waals surface area contributed by atoms with Crippen molar-refractivity contribution in [3.63, 3.8) is 0 Å². The number of nitrogens with zero attached hydrogens (tertiary/aromatic N) is 1. The molecule has 0 saturated carbocycles. The highest BCUT2D eigenvalue weighted by Gasteiger charge is 2.22. The van der Waals surface area contributed by atoms with Crippen LogP contribution in [0.4, 0.5) is 5.69 Å². The number of nitrogens with one attached hydrogen (secondary N) is 1. The SMILES string of the molecule is Cc1cc(C)cc(N(C)C2CCNCc3ccccc32)c1. The topological polar surface area (TPSA) is 15.3 Å². The molecule has 0 saturated heterocycles. The van der Waals surface area contributed by atoms with E-state index in [1.807, 2.05) is 0 Å². The third-order valence-electron chi connectivity index (χ3n) is 4.41. The number of fused-ring (bicyclic) bond motifs is 1. The average Bonchev–Trinajstić information content (AvgIpc) is 2.68. The van der Waals surface area contributed by atoms with Crippen molar-refractivity contribution in [3.05, 3.63) is 64.7 Å². The minimum absolute atomic E-state index is 0.442. The Balaban J connectivity index is 1.99. The maximum absolute atomic E-state index is 3.54. The first-order valence-corrected chi connectivity index (χ1v) is 7.75. The summed E-state index contributed by atoms with van der Waals surface area (Å²) in [7, 11) is 2.22. The van der Waals surface area contributed by atoms with Gasteiger partial charge in [-0.15, -0.1) is 0 Å². The van der Waals surface area contributed by atoms with Crippen LogP contribution in [0.15, 0.2) is 42.5 Å². The number of rotatable bonds is 2. The fourth-order valence-corrected chi connectivity index (χ4v) is 3.37. The van der Waals surface area contributed by atoms with E-state index in [2.05, 4.69) is 73.6 Å². The summed E-state index contributed by atoms with van der Waals surface area (Å²) < 4.78 is 0. The van der Waals surface area contributed by atoms with Gasteiger partial charge in [0.2, 0.25) is 0 Å². The van der Waals surface area contributed by atoms with Crippen LogP contribution in [-0.2, 0) is 6.54 Å². The predicted octanol–water partition coefficient (Wildman–Crippen LogP) is 3.97. The molecule has 1 atom stereocenters. The molecule has 2 aromatic rings. The molecule has 2 aromatic carbocycles. The van der Waals surface area contributed by atoms with E-state index >= 15 is 0 Å². The van der Waals surface area contributed by atoms with E-state index in [-0.39, 0.29) is 0 Å². The van der Waals surface area contributed by atoms with Crippen molar-refractivity contribution >= 4 is 5.69 Å². The van der Waals surface area contributed by atoms with Crippen molar-refractivity contribution in [1.82, 2.24) is 5.32 Å². The van der Waals surface area contributed by atoms with Crippen molar-refractivity contribution in [2.24, 2.45) is 0 Å². The Labute approximate surface area is 127 Å². The molecule has 1 unspecified atom stereocenters. The Morgan fingerprint density at radius 3 is 2.52 bits per heavy atom. The monoisotopic (exact) mass is 280 g/mol. The molecule has 2 nitrogen and oxygen atoms in total. The van der Waals surface area contributed by atoms with Crippen molar-refractivity contribution in [2.75, 3.05) is 18.5 Å². The van der Waals surface area contributed by atoms with Gasteiger partial charge >= 0.3 is 0 Å². The van der Waals surface area contributed by atoms with Gasteiger partial charge in [0.1, 0.15) is 0 Å². The van der Waals surface area contributed by atoms with Crippen LogP contribution in [0.25, 0.3) is 0 Å². The molecule has 2 heteroatoms. The molecule has 1 aliphatic rings. The van der Waals surface area contributed by atoms with Gasteiger partial charge in [0.25, 0.3) is 0 Å². The second-order valence-corrected chi connectivity index (χ2v) is 6.14. The van der Waals surface area contributed by atoms with E-state index in [1.165, 1.54) is 27.9 Å². The first kappa shape index (κ1) is 14.2. The third kappa shape index (κ3) is 2.96. The van der Waals surface area contributed by atoms with Gasteiger partial charge in [0, 0.05) is 19.3 Å². The average molecular weight is 280 g/mol. The van der Waals surface area contributed by atoms with E-state index < -0.39 is 0 Å². The summed E-state index contributed by atoms with van der Waals surface area (Å²) in [5, 5.41) is 3.54. The van der Waals surface area contributed by atoms with Crippen molar-refractivity contribution in [2.45, 2.75) is 32.9 Å². The van der Waals surface area contributed by atoms with Gasteiger partial charge in [-0.25, -0.2) is 0 Å². The Bertz CT molecular complexity index is 613. The van der Waals surface area contributed by atoms with Crippen LogP contribution in [0, 0.1) is 13.8 Å². The van der Waals surface area contributed by atoms with Gasteiger partial charge in [0.05, 0.1) is 6.04 Å². The molecule has 0 radical (unpaired) electrons. The summed E-state index contributed by atoms with van der Waals surface area (Å²) in [4.78, 5) is 2.44. The standard InChI is InChI=1S/C19H24N2/c1-14-10-15(2)12-17(11-14)21(3)19-8-9-20-13-16-6-4-5-7-18(16)19/h4-7,10-12,19-20H,8-9,13H2,1-3H3. The lowest BCUT2D eigenvalue weighted by molar-refractivity contribution is 0.589. The van der Waals surface area contributed by atoms with E-state index in [1.54, 1.807) is 0 Å². The third-order valence-corrected chi connectivity index (χ3v) is 4.41. The molecular weight excluding hydrogens is 256 g/mol. The first-order chi connectivity index (χ1) is 10.1. The maximum Gasteiger partial charge on any atom is 0.0554 e. The lowest BCUT2D eigenvalue weighted by Crippen LogP contribution is -2.25. The van der Waals surface area contributed by atoms with Gasteiger partial charge in [-0.3, -0.25) is 0 Å². The zero-order chi connectivity index (χ0) is 14.8. The molecule has 3 rings (SSSR count). The highest BCUT2D eigenvalue weighted by atomic mass is 15.1. The highest BCUT2D eigenvalue weighted by molar-refractivity contribution is 5.53. The molecule has 110 valence electrons. The van der Waals surface area contributed by atoms with Crippen LogP contribution in [0.2, 0.25) is 0 Å². The first-order valence-electron chi connectivity index (χ1n) is 7.75. The van der Waals surface area contributed by atoms with Gasteiger partial charge in [0.15, 0.2) is 0 Å². The second kappa shape index (κ2) is 5.90. The van der Waals surface area contributed by atoms with Gasteiger partial charge < -0.3 is 10.2 Å². The zero-order valence-electron chi connectivity index (χ0n) is 13.2. The molecule has 0 aromatic heterocycles. The Morgan fingerprint density at radius 1 is 1.05 bits per heavy atom. The summed E-state index contributed by atoms with van der Waals surface area (Å²) in [6.07, 6.45) is 1.14. The molecule has 0 amide bonds. The fraction of sp³-hybridized carbons (Fsp3) is 0.368. The molecule has 0 spiro atoms. The quantitative estimate of drug-likeness (QED) is 0.895. The molecule has 0 aliphatic carbocycles. The van der Waals surface area contributed by atoms with E-state index in [4.69, 9.17) is 0 Å². The second-order valence-electron chi connectivity index (χ2n) is 6.14. The van der Waals surface area contributed by atoms with Crippen LogP contribution < -0.4 is 10.2 Å². The number of aryl methyl sites for hydroxylation is 2. The van der Waals surface area contributed by atoms with Gasteiger partial charge in [-0.1, -0.05) is 30.3 Å². The predicted molar refractivity (Wildman–Crippen MR) is 89.8 cm³/mol. The number of hydrogen-bond acceptors (Lipinski definition) is 2. The summed E-state index contributed by atoms with van der Waals surface area (Å²) in [6.45, 7) is 6.39. The van der Waals surface area contributed by atoms with Gasteiger partial charge in [-0.2, -0.15) is 0 Å². The zero-order valence-corrected chi connectivity index (χ0v) is 13.2. The highest BCUT2D eigenvalue weighted by Crippen LogP contribution is 2.32. The lowest BCUT2D eigenvalue weighted by atomic mass is 9.97. The Kier molecular flexibility index (Phi) is 3.98. The molecule has 0 fully saturated rings. The maximum atomic E-state index is 3.54. The lowest BCUT2D eigenvalue weighted by Gasteiger charge is -2.31. The van der Waals surface area contributed by atoms with E-state index in [9.17, 15) is 0 Å². The minimum atomic E-state index is 0.442. The van der Waals surface area contributed by atoms with Crippen molar-refractivity contribution in [1.29, 1.82) is 0 Å². The van der Waals surface area contributed by atoms with Crippen molar-refractivity contribution in [3.8, 4) is 0 Å². The molecule has 1 aliphatic heterocycles. The molecule has 1 N–H and O–H groups in total. The molecular formula is C19H24N2. The smallest absolute Gasteiger partial charge is 0.0554 e. The fourth-order valence-electron chi connectivity index (χ4n) is 3.37. The van der Waals surface area contributed by atoms with Gasteiger partial charge in [-0.05, 0) is 61.2 Å². The van der Waals surface area contributed by atoms with E-state index in [0.29, 0.717) is 6.04 Å². The Hall–Kier alpha value is -1.80.